The number of aryl methyl sites for hydroxylation is 1. The molecule has 4 aromatic rings. The fraction of sp³-hybridized carbons (Fsp3) is 0.0833. The van der Waals surface area contributed by atoms with Crippen molar-refractivity contribution in [3.63, 3.8) is 0 Å². The van der Waals surface area contributed by atoms with E-state index in [1.807, 2.05) is 18.2 Å². The number of benzene rings is 3. The molecule has 0 fully saturated rings. The Morgan fingerprint density at radius 3 is 2.27 bits per heavy atom. The van der Waals surface area contributed by atoms with Crippen molar-refractivity contribution in [2.24, 2.45) is 0 Å². The van der Waals surface area contributed by atoms with E-state index in [4.69, 9.17) is 4.42 Å². The first-order chi connectivity index (χ1) is 12.9. The van der Waals surface area contributed by atoms with E-state index in [2.05, 4.69) is 72.1 Å². The maximum atomic E-state index is 5.98. The molecular formula is C24H19NO. The van der Waals surface area contributed by atoms with E-state index in [0.29, 0.717) is 0 Å². The van der Waals surface area contributed by atoms with Crippen molar-refractivity contribution in [3.05, 3.63) is 95.9 Å². The van der Waals surface area contributed by atoms with Crippen molar-refractivity contribution in [2.75, 3.05) is 5.32 Å². The Kier molecular flexibility index (Phi) is 3.60. The molecule has 1 N–H and O–H groups in total. The lowest BCUT2D eigenvalue weighted by molar-refractivity contribution is 0.543. The van der Waals surface area contributed by atoms with Gasteiger partial charge in [0.15, 0.2) is 0 Å². The molecule has 3 aromatic carbocycles. The Morgan fingerprint density at radius 2 is 1.42 bits per heavy atom. The minimum absolute atomic E-state index is 0.935. The van der Waals surface area contributed by atoms with Gasteiger partial charge in [0, 0.05) is 28.8 Å². The van der Waals surface area contributed by atoms with Gasteiger partial charge < -0.3 is 9.73 Å². The fourth-order valence-corrected chi connectivity index (χ4v) is 3.62. The van der Waals surface area contributed by atoms with Crippen LogP contribution in [0.2, 0.25) is 0 Å². The van der Waals surface area contributed by atoms with Gasteiger partial charge in [-0.25, -0.2) is 0 Å². The number of para-hydroxylation sites is 1. The Bertz CT molecular complexity index is 1090. The van der Waals surface area contributed by atoms with Crippen molar-refractivity contribution in [3.8, 4) is 11.1 Å². The van der Waals surface area contributed by atoms with Crippen molar-refractivity contribution < 1.29 is 4.42 Å². The van der Waals surface area contributed by atoms with Crippen LogP contribution in [0.4, 0.5) is 5.69 Å². The molecule has 0 amide bonds. The molecule has 1 heterocycles. The summed E-state index contributed by atoms with van der Waals surface area (Å²) in [6.07, 6.45) is 4.13. The molecule has 0 saturated heterocycles. The van der Waals surface area contributed by atoms with E-state index in [1.54, 1.807) is 0 Å². The zero-order valence-corrected chi connectivity index (χ0v) is 14.4. The molecule has 2 nitrogen and oxygen atoms in total. The number of allylic oxidation sites excluding steroid dienone is 1. The van der Waals surface area contributed by atoms with Crippen LogP contribution in [0.1, 0.15) is 17.7 Å². The van der Waals surface area contributed by atoms with Crippen LogP contribution in [0.3, 0.4) is 0 Å². The standard InChI is InChI=1S/C24H19NO/c1-2-6-17(7-3-1)18-10-12-19(13-11-18)25-20-14-15-24-22(16-20)21-8-4-5-9-23(21)26-24/h1-13,16,25H,14-15H2. The third-order valence-corrected chi connectivity index (χ3v) is 4.95. The zero-order valence-electron chi connectivity index (χ0n) is 14.4. The second-order valence-electron chi connectivity index (χ2n) is 6.67. The van der Waals surface area contributed by atoms with Gasteiger partial charge in [-0.15, -0.1) is 0 Å². The predicted octanol–water partition coefficient (Wildman–Crippen LogP) is 6.50. The number of rotatable bonds is 3. The van der Waals surface area contributed by atoms with E-state index in [-0.39, 0.29) is 0 Å². The third kappa shape index (κ3) is 2.70. The summed E-state index contributed by atoms with van der Waals surface area (Å²) in [6, 6.07) is 27.3. The molecular weight excluding hydrogens is 318 g/mol. The van der Waals surface area contributed by atoms with Crippen LogP contribution >= 0.6 is 0 Å². The summed E-state index contributed by atoms with van der Waals surface area (Å²) in [6.45, 7) is 0. The molecule has 126 valence electrons. The highest BCUT2D eigenvalue weighted by atomic mass is 16.3. The molecule has 0 radical (unpaired) electrons. The van der Waals surface area contributed by atoms with Crippen molar-refractivity contribution in [1.82, 2.24) is 0 Å². The Balaban J connectivity index is 1.41. The molecule has 0 spiro atoms. The lowest BCUT2D eigenvalue weighted by Crippen LogP contribution is -2.05. The van der Waals surface area contributed by atoms with Gasteiger partial charge in [-0.1, -0.05) is 60.7 Å². The summed E-state index contributed by atoms with van der Waals surface area (Å²) < 4.78 is 5.98. The Labute approximate surface area is 152 Å². The lowest BCUT2D eigenvalue weighted by Gasteiger charge is -2.15. The van der Waals surface area contributed by atoms with E-state index >= 15 is 0 Å². The first kappa shape index (κ1) is 15.0. The van der Waals surface area contributed by atoms with Crippen molar-refractivity contribution in [1.29, 1.82) is 0 Å². The average Bonchev–Trinajstić information content (AvgIpc) is 3.07. The SMILES string of the molecule is C1=C(Nc2ccc(-c3ccccc3)cc2)CCc2oc3ccccc3c21. The molecule has 26 heavy (non-hydrogen) atoms. The third-order valence-electron chi connectivity index (χ3n) is 4.95. The summed E-state index contributed by atoms with van der Waals surface area (Å²) in [5.41, 5.74) is 7.02. The molecule has 0 saturated carbocycles. The Hall–Kier alpha value is -3.26. The van der Waals surface area contributed by atoms with Gasteiger partial charge in [-0.3, -0.25) is 0 Å². The summed E-state index contributed by atoms with van der Waals surface area (Å²) in [5.74, 6) is 1.09. The highest BCUT2D eigenvalue weighted by molar-refractivity contribution is 5.90. The van der Waals surface area contributed by atoms with Crippen LogP contribution in [0.25, 0.3) is 28.2 Å². The highest BCUT2D eigenvalue weighted by Gasteiger charge is 2.17. The topological polar surface area (TPSA) is 25.2 Å². The summed E-state index contributed by atoms with van der Waals surface area (Å²) >= 11 is 0. The summed E-state index contributed by atoms with van der Waals surface area (Å²) in [7, 11) is 0. The minimum Gasteiger partial charge on any atom is -0.460 e. The second kappa shape index (κ2) is 6.23. The fourth-order valence-electron chi connectivity index (χ4n) is 3.62. The van der Waals surface area contributed by atoms with E-state index < -0.39 is 0 Å². The molecule has 0 bridgehead atoms. The van der Waals surface area contributed by atoms with Crippen LogP contribution in [-0.4, -0.2) is 0 Å². The Morgan fingerprint density at radius 1 is 0.692 bits per heavy atom. The molecule has 0 aliphatic heterocycles. The molecule has 0 unspecified atom stereocenters. The molecule has 1 aliphatic rings. The summed E-state index contributed by atoms with van der Waals surface area (Å²) in [5, 5.41) is 4.77. The van der Waals surface area contributed by atoms with E-state index in [9.17, 15) is 0 Å². The van der Waals surface area contributed by atoms with Gasteiger partial charge in [0.2, 0.25) is 0 Å². The first-order valence-electron chi connectivity index (χ1n) is 9.00. The van der Waals surface area contributed by atoms with Crippen LogP contribution < -0.4 is 5.32 Å². The molecule has 2 heteroatoms. The van der Waals surface area contributed by atoms with Gasteiger partial charge in [0.05, 0.1) is 0 Å². The zero-order chi connectivity index (χ0) is 17.3. The number of hydrogen-bond donors (Lipinski definition) is 1. The number of fused-ring (bicyclic) bond motifs is 3. The normalized spacial score (nSPS) is 13.3. The van der Waals surface area contributed by atoms with Gasteiger partial charge in [-0.2, -0.15) is 0 Å². The molecule has 1 aliphatic carbocycles. The quantitative estimate of drug-likeness (QED) is 0.461. The molecule has 1 aromatic heterocycles. The number of nitrogens with one attached hydrogen (secondary N) is 1. The van der Waals surface area contributed by atoms with Gasteiger partial charge >= 0.3 is 0 Å². The minimum atomic E-state index is 0.935. The van der Waals surface area contributed by atoms with Gasteiger partial charge in [-0.05, 0) is 41.8 Å². The predicted molar refractivity (Wildman–Crippen MR) is 108 cm³/mol. The molecule has 5 rings (SSSR count). The first-order valence-corrected chi connectivity index (χ1v) is 9.00. The average molecular weight is 337 g/mol. The number of hydrogen-bond acceptors (Lipinski definition) is 2. The number of furan rings is 1. The second-order valence-corrected chi connectivity index (χ2v) is 6.67. The lowest BCUT2D eigenvalue weighted by atomic mass is 9.99. The van der Waals surface area contributed by atoms with Crippen LogP contribution in [0, 0.1) is 0 Å². The van der Waals surface area contributed by atoms with Gasteiger partial charge in [0.25, 0.3) is 0 Å². The van der Waals surface area contributed by atoms with E-state index in [0.717, 1.165) is 29.9 Å². The monoisotopic (exact) mass is 337 g/mol. The van der Waals surface area contributed by atoms with Crippen LogP contribution in [0.15, 0.2) is 89.0 Å². The number of anilines is 1. The highest BCUT2D eigenvalue weighted by Crippen LogP contribution is 2.33. The van der Waals surface area contributed by atoms with E-state index in [1.165, 1.54) is 27.8 Å². The molecule has 0 atom stereocenters. The van der Waals surface area contributed by atoms with Crippen molar-refractivity contribution in [2.45, 2.75) is 12.8 Å². The summed E-state index contributed by atoms with van der Waals surface area (Å²) in [4.78, 5) is 0. The largest absolute Gasteiger partial charge is 0.460 e. The maximum absolute atomic E-state index is 5.98. The van der Waals surface area contributed by atoms with Gasteiger partial charge in [0.1, 0.15) is 11.3 Å². The maximum Gasteiger partial charge on any atom is 0.134 e. The van der Waals surface area contributed by atoms with Crippen LogP contribution in [0.5, 0.6) is 0 Å². The smallest absolute Gasteiger partial charge is 0.134 e. The van der Waals surface area contributed by atoms with Crippen molar-refractivity contribution >= 4 is 22.7 Å². The van der Waals surface area contributed by atoms with Crippen LogP contribution in [-0.2, 0) is 6.42 Å².